The molecule has 1 atom stereocenters. The first-order chi connectivity index (χ1) is 8.42. The number of rotatable bonds is 5. The van der Waals surface area contributed by atoms with E-state index in [0.29, 0.717) is 0 Å². The van der Waals surface area contributed by atoms with Crippen molar-refractivity contribution in [2.75, 3.05) is 6.61 Å². The van der Waals surface area contributed by atoms with Crippen molar-refractivity contribution in [3.8, 4) is 6.07 Å². The van der Waals surface area contributed by atoms with E-state index in [-0.39, 0.29) is 13.0 Å². The number of nitrogens with one attached hydrogen (secondary N) is 1. The molecule has 98 valence electrons. The average molecular weight is 272 g/mol. The third-order valence-electron chi connectivity index (χ3n) is 2.30. The highest BCUT2D eigenvalue weighted by atomic mass is 32.2. The second-order valence-electron chi connectivity index (χ2n) is 3.76. The summed E-state index contributed by atoms with van der Waals surface area (Å²) in [6, 6.07) is 4.44. The predicted octanol–water partition coefficient (Wildman–Crippen LogP) is 0.747. The van der Waals surface area contributed by atoms with Crippen molar-refractivity contribution >= 4 is 10.0 Å². The van der Waals surface area contributed by atoms with Crippen LogP contribution < -0.4 is 4.72 Å². The van der Waals surface area contributed by atoms with E-state index in [2.05, 4.69) is 4.72 Å². The molecule has 0 aliphatic carbocycles. The molecule has 1 aromatic carbocycles. The summed E-state index contributed by atoms with van der Waals surface area (Å²) in [5, 5.41) is 17.5. The van der Waals surface area contributed by atoms with Gasteiger partial charge in [-0.3, -0.25) is 0 Å². The number of hydrogen-bond acceptors (Lipinski definition) is 4. The zero-order chi connectivity index (χ0) is 13.8. The number of nitriles is 1. The summed E-state index contributed by atoms with van der Waals surface area (Å²) in [4.78, 5) is -0.394. The van der Waals surface area contributed by atoms with Crippen LogP contribution in [0.15, 0.2) is 23.1 Å². The molecule has 1 unspecified atom stereocenters. The van der Waals surface area contributed by atoms with Crippen LogP contribution in [0.2, 0.25) is 0 Å². The number of aliphatic hydroxyl groups excluding tert-OH is 1. The lowest BCUT2D eigenvalue weighted by molar-refractivity contribution is 0.275. The van der Waals surface area contributed by atoms with Crippen molar-refractivity contribution in [2.24, 2.45) is 0 Å². The summed E-state index contributed by atoms with van der Waals surface area (Å²) in [5.41, 5.74) is -0.513. The van der Waals surface area contributed by atoms with E-state index >= 15 is 0 Å². The summed E-state index contributed by atoms with van der Waals surface area (Å²) in [6.07, 6.45) is 0.233. The maximum Gasteiger partial charge on any atom is 0.242 e. The van der Waals surface area contributed by atoms with Crippen LogP contribution in [0.4, 0.5) is 4.39 Å². The molecular weight excluding hydrogens is 259 g/mol. The molecule has 18 heavy (non-hydrogen) atoms. The second kappa shape index (κ2) is 5.91. The molecule has 0 aliphatic heterocycles. The SMILES string of the molecule is CC(CCO)NS(=O)(=O)c1cccc(F)c1C#N. The maximum atomic E-state index is 13.3. The fourth-order valence-corrected chi connectivity index (χ4v) is 2.86. The number of sulfonamides is 1. The molecule has 2 N–H and O–H groups in total. The maximum absolute atomic E-state index is 13.3. The Labute approximate surface area is 105 Å². The molecule has 0 amide bonds. The Morgan fingerprint density at radius 2 is 2.22 bits per heavy atom. The summed E-state index contributed by atoms with van der Waals surface area (Å²) < 4.78 is 39.5. The van der Waals surface area contributed by atoms with E-state index in [1.807, 2.05) is 0 Å². The lowest BCUT2D eigenvalue weighted by atomic mass is 10.2. The monoisotopic (exact) mass is 272 g/mol. The smallest absolute Gasteiger partial charge is 0.242 e. The number of nitrogens with zero attached hydrogens (tertiary/aromatic N) is 1. The van der Waals surface area contributed by atoms with Gasteiger partial charge in [0.1, 0.15) is 22.3 Å². The molecule has 1 rings (SSSR count). The van der Waals surface area contributed by atoms with Gasteiger partial charge in [0.15, 0.2) is 0 Å². The first-order valence-electron chi connectivity index (χ1n) is 5.24. The topological polar surface area (TPSA) is 90.2 Å². The molecule has 1 aromatic rings. The van der Waals surface area contributed by atoms with Crippen LogP contribution in [0.3, 0.4) is 0 Å². The minimum Gasteiger partial charge on any atom is -0.396 e. The van der Waals surface area contributed by atoms with Crippen LogP contribution in [0.25, 0.3) is 0 Å². The molecule has 0 aromatic heterocycles. The van der Waals surface area contributed by atoms with E-state index in [1.165, 1.54) is 12.1 Å². The van der Waals surface area contributed by atoms with Gasteiger partial charge in [-0.2, -0.15) is 5.26 Å². The quantitative estimate of drug-likeness (QED) is 0.827. The van der Waals surface area contributed by atoms with Crippen LogP contribution in [0.5, 0.6) is 0 Å². The molecule has 0 spiro atoms. The van der Waals surface area contributed by atoms with E-state index in [4.69, 9.17) is 10.4 Å². The van der Waals surface area contributed by atoms with Gasteiger partial charge in [-0.05, 0) is 25.5 Å². The highest BCUT2D eigenvalue weighted by Crippen LogP contribution is 2.18. The highest BCUT2D eigenvalue weighted by Gasteiger charge is 2.22. The van der Waals surface area contributed by atoms with E-state index in [1.54, 1.807) is 6.92 Å². The first kappa shape index (κ1) is 14.6. The van der Waals surface area contributed by atoms with Crippen molar-refractivity contribution in [3.63, 3.8) is 0 Å². The van der Waals surface area contributed by atoms with Crippen LogP contribution in [-0.2, 0) is 10.0 Å². The van der Waals surface area contributed by atoms with Crippen molar-refractivity contribution in [2.45, 2.75) is 24.3 Å². The van der Waals surface area contributed by atoms with Gasteiger partial charge >= 0.3 is 0 Å². The zero-order valence-corrected chi connectivity index (χ0v) is 10.5. The number of halogens is 1. The molecule has 0 heterocycles. The minimum absolute atomic E-state index is 0.169. The summed E-state index contributed by atoms with van der Waals surface area (Å²) >= 11 is 0. The van der Waals surface area contributed by atoms with Crippen LogP contribution in [-0.4, -0.2) is 26.2 Å². The average Bonchev–Trinajstić information content (AvgIpc) is 2.28. The zero-order valence-electron chi connectivity index (χ0n) is 9.72. The van der Waals surface area contributed by atoms with Crippen molar-refractivity contribution in [1.29, 1.82) is 5.26 Å². The molecule has 0 saturated carbocycles. The number of benzene rings is 1. The largest absolute Gasteiger partial charge is 0.396 e. The van der Waals surface area contributed by atoms with E-state index < -0.39 is 32.3 Å². The van der Waals surface area contributed by atoms with Gasteiger partial charge in [0.05, 0.1) is 0 Å². The lowest BCUT2D eigenvalue weighted by Crippen LogP contribution is -2.33. The third kappa shape index (κ3) is 3.26. The number of hydrogen-bond donors (Lipinski definition) is 2. The summed E-state index contributed by atoms with van der Waals surface area (Å²) in [5.74, 6) is -0.879. The normalized spacial score (nSPS) is 13.0. The molecule has 5 nitrogen and oxygen atoms in total. The van der Waals surface area contributed by atoms with Gasteiger partial charge in [0.25, 0.3) is 0 Å². The molecule has 0 fully saturated rings. The molecule has 0 radical (unpaired) electrons. The van der Waals surface area contributed by atoms with Gasteiger partial charge in [-0.15, -0.1) is 0 Å². The van der Waals surface area contributed by atoms with Gasteiger partial charge in [0.2, 0.25) is 10.0 Å². The predicted molar refractivity (Wildman–Crippen MR) is 62.6 cm³/mol. The third-order valence-corrected chi connectivity index (χ3v) is 3.93. The van der Waals surface area contributed by atoms with Gasteiger partial charge < -0.3 is 5.11 Å². The summed E-state index contributed by atoms with van der Waals surface area (Å²) in [6.45, 7) is 1.40. The van der Waals surface area contributed by atoms with E-state index in [0.717, 1.165) is 12.1 Å². The number of aliphatic hydroxyl groups is 1. The fraction of sp³-hybridized carbons (Fsp3) is 0.364. The van der Waals surface area contributed by atoms with Gasteiger partial charge in [-0.1, -0.05) is 6.07 Å². The Kier molecular flexibility index (Phi) is 4.78. The Bertz CT molecular complexity index is 566. The molecule has 0 aliphatic rings. The van der Waals surface area contributed by atoms with Crippen LogP contribution in [0, 0.1) is 17.1 Å². The summed E-state index contributed by atoms with van der Waals surface area (Å²) in [7, 11) is -3.97. The molecular formula is C11H13FN2O3S. The minimum atomic E-state index is -3.97. The second-order valence-corrected chi connectivity index (χ2v) is 5.44. The Hall–Kier alpha value is -1.49. The lowest BCUT2D eigenvalue weighted by Gasteiger charge is -2.13. The van der Waals surface area contributed by atoms with Crippen molar-refractivity contribution < 1.29 is 17.9 Å². The van der Waals surface area contributed by atoms with E-state index in [9.17, 15) is 12.8 Å². The highest BCUT2D eigenvalue weighted by molar-refractivity contribution is 7.89. The Morgan fingerprint density at radius 1 is 1.56 bits per heavy atom. The van der Waals surface area contributed by atoms with Crippen LogP contribution in [0.1, 0.15) is 18.9 Å². The standard InChI is InChI=1S/C11H13FN2O3S/c1-8(5-6-15)14-18(16,17)11-4-2-3-10(12)9(11)7-13/h2-4,8,14-15H,5-6H2,1H3. The fourth-order valence-electron chi connectivity index (χ4n) is 1.42. The molecule has 7 heteroatoms. The van der Waals surface area contributed by atoms with Gasteiger partial charge in [-0.25, -0.2) is 17.5 Å². The van der Waals surface area contributed by atoms with Crippen molar-refractivity contribution in [3.05, 3.63) is 29.6 Å². The van der Waals surface area contributed by atoms with Crippen molar-refractivity contribution in [1.82, 2.24) is 4.72 Å². The van der Waals surface area contributed by atoms with Gasteiger partial charge in [0, 0.05) is 12.6 Å². The Morgan fingerprint density at radius 3 is 2.78 bits per heavy atom. The van der Waals surface area contributed by atoms with Crippen LogP contribution >= 0.6 is 0 Å². The first-order valence-corrected chi connectivity index (χ1v) is 6.72. The Balaban J connectivity index is 3.14. The molecule has 0 bridgehead atoms. The molecule has 0 saturated heterocycles.